The highest BCUT2D eigenvalue weighted by atomic mass is 79.9. The van der Waals surface area contributed by atoms with Crippen LogP contribution >= 0.6 is 31.9 Å². The molecule has 22 heavy (non-hydrogen) atoms. The molecule has 0 N–H and O–H groups in total. The molecule has 1 aliphatic carbocycles. The van der Waals surface area contributed by atoms with Crippen LogP contribution in [0.5, 0.6) is 0 Å². The van der Waals surface area contributed by atoms with Crippen LogP contribution in [0.15, 0.2) is 60.7 Å². The highest BCUT2D eigenvalue weighted by Gasteiger charge is 2.31. The zero-order chi connectivity index (χ0) is 15.3. The van der Waals surface area contributed by atoms with E-state index in [1.165, 1.54) is 16.5 Å². The molecule has 1 nitrogen and oxygen atoms in total. The topological polar surface area (TPSA) is 17.1 Å². The summed E-state index contributed by atoms with van der Waals surface area (Å²) in [4.78, 5) is 13.3. The summed E-state index contributed by atoms with van der Waals surface area (Å²) in [5, 5.41) is 2.24. The zero-order valence-corrected chi connectivity index (χ0v) is 14.8. The lowest BCUT2D eigenvalue weighted by atomic mass is 9.95. The second kappa shape index (κ2) is 5.32. The molecule has 0 spiro atoms. The van der Waals surface area contributed by atoms with E-state index in [1.807, 2.05) is 48.5 Å². The third-order valence-corrected chi connectivity index (χ3v) is 6.99. The van der Waals surface area contributed by atoms with Crippen molar-refractivity contribution < 1.29 is 4.79 Å². The Morgan fingerprint density at radius 1 is 0.773 bits per heavy atom. The van der Waals surface area contributed by atoms with Crippen LogP contribution in [0, 0.1) is 0 Å². The van der Waals surface area contributed by atoms with Gasteiger partial charge in [-0.3, -0.25) is 4.79 Å². The van der Waals surface area contributed by atoms with Gasteiger partial charge in [0.25, 0.3) is 0 Å². The van der Waals surface area contributed by atoms with Crippen molar-refractivity contribution in [1.29, 1.82) is 0 Å². The molecule has 0 saturated carbocycles. The number of carbonyl (C=O) groups excluding carboxylic acids is 1. The number of hydrogen-bond acceptors (Lipinski definition) is 1. The second-order valence-electron chi connectivity index (χ2n) is 5.47. The number of carbonyl (C=O) groups is 1. The van der Waals surface area contributed by atoms with Crippen LogP contribution in [0.3, 0.4) is 0 Å². The maximum atomic E-state index is 12.8. The SMILES string of the molecule is O=C(c1ccccc1)c1ccc2c3c(cccc13)[C@H](Br)[C@H]2Br. The van der Waals surface area contributed by atoms with Crippen molar-refractivity contribution in [3.8, 4) is 0 Å². The van der Waals surface area contributed by atoms with E-state index in [4.69, 9.17) is 0 Å². The molecular formula is C19H12Br2O. The summed E-state index contributed by atoms with van der Waals surface area (Å²) >= 11 is 7.50. The Hall–Kier alpha value is -1.45. The molecule has 2 atom stereocenters. The van der Waals surface area contributed by atoms with Gasteiger partial charge in [-0.1, -0.05) is 92.5 Å². The summed E-state index contributed by atoms with van der Waals surface area (Å²) in [6, 6.07) is 19.7. The number of hydrogen-bond donors (Lipinski definition) is 0. The zero-order valence-electron chi connectivity index (χ0n) is 11.6. The van der Waals surface area contributed by atoms with E-state index in [0.29, 0.717) is 0 Å². The van der Waals surface area contributed by atoms with Gasteiger partial charge in [-0.05, 0) is 21.9 Å². The van der Waals surface area contributed by atoms with E-state index in [1.54, 1.807) is 0 Å². The van der Waals surface area contributed by atoms with Gasteiger partial charge in [0.1, 0.15) is 0 Å². The van der Waals surface area contributed by atoms with Crippen LogP contribution in [-0.2, 0) is 0 Å². The number of rotatable bonds is 2. The van der Waals surface area contributed by atoms with Gasteiger partial charge in [0, 0.05) is 11.1 Å². The Bertz CT molecular complexity index is 872. The van der Waals surface area contributed by atoms with Crippen molar-refractivity contribution in [1.82, 2.24) is 0 Å². The normalized spacial score (nSPS) is 19.5. The Morgan fingerprint density at radius 3 is 2.18 bits per heavy atom. The molecule has 3 aromatic carbocycles. The lowest BCUT2D eigenvalue weighted by Crippen LogP contribution is -2.02. The third kappa shape index (κ3) is 1.99. The van der Waals surface area contributed by atoms with Crippen molar-refractivity contribution in [2.24, 2.45) is 0 Å². The van der Waals surface area contributed by atoms with Crippen LogP contribution in [0.2, 0.25) is 0 Å². The lowest BCUT2D eigenvalue weighted by molar-refractivity contribution is 0.104. The first-order valence-corrected chi connectivity index (χ1v) is 8.95. The smallest absolute Gasteiger partial charge is 0.193 e. The van der Waals surface area contributed by atoms with E-state index in [-0.39, 0.29) is 15.4 Å². The van der Waals surface area contributed by atoms with E-state index < -0.39 is 0 Å². The standard InChI is InChI=1S/C19H12Br2O/c20-17-14-8-4-7-12-13(9-10-15(16(12)14)18(17)21)19(22)11-5-2-1-3-6-11/h1-10,17-18H/t17-,18-/m0/s1. The molecular weight excluding hydrogens is 404 g/mol. The van der Waals surface area contributed by atoms with Crippen molar-refractivity contribution in [3.63, 3.8) is 0 Å². The molecule has 0 unspecified atom stereocenters. The number of halogens is 2. The fourth-order valence-corrected chi connectivity index (χ4v) is 4.51. The van der Waals surface area contributed by atoms with Gasteiger partial charge in [0.15, 0.2) is 5.78 Å². The minimum Gasteiger partial charge on any atom is -0.289 e. The molecule has 0 aliphatic heterocycles. The molecule has 108 valence electrons. The van der Waals surface area contributed by atoms with Crippen LogP contribution in [0.4, 0.5) is 0 Å². The van der Waals surface area contributed by atoms with Gasteiger partial charge in [-0.15, -0.1) is 0 Å². The van der Waals surface area contributed by atoms with Crippen molar-refractivity contribution in [3.05, 3.63) is 82.9 Å². The van der Waals surface area contributed by atoms with Gasteiger partial charge in [-0.2, -0.15) is 0 Å². The van der Waals surface area contributed by atoms with Gasteiger partial charge < -0.3 is 0 Å². The molecule has 0 bridgehead atoms. The minimum atomic E-state index is 0.0773. The highest BCUT2D eigenvalue weighted by molar-refractivity contribution is 9.12. The van der Waals surface area contributed by atoms with E-state index in [2.05, 4.69) is 44.0 Å². The molecule has 3 heteroatoms. The third-order valence-electron chi connectivity index (χ3n) is 4.24. The Morgan fingerprint density at radius 2 is 1.45 bits per heavy atom. The summed E-state index contributed by atoms with van der Waals surface area (Å²) in [5.74, 6) is 0.0773. The van der Waals surface area contributed by atoms with Crippen LogP contribution in [0.1, 0.15) is 36.7 Å². The van der Waals surface area contributed by atoms with Gasteiger partial charge in [-0.25, -0.2) is 0 Å². The van der Waals surface area contributed by atoms with Gasteiger partial charge in [0.05, 0.1) is 9.65 Å². The largest absolute Gasteiger partial charge is 0.289 e. The predicted octanol–water partition coefficient (Wildman–Crippen LogP) is 5.96. The van der Waals surface area contributed by atoms with Crippen molar-refractivity contribution >= 4 is 48.4 Å². The summed E-state index contributed by atoms with van der Waals surface area (Å²) in [6.07, 6.45) is 0. The van der Waals surface area contributed by atoms with Gasteiger partial charge in [0.2, 0.25) is 0 Å². The Kier molecular flexibility index (Phi) is 3.43. The quantitative estimate of drug-likeness (QED) is 0.373. The Balaban J connectivity index is 1.97. The average molecular weight is 416 g/mol. The number of ketones is 1. The van der Waals surface area contributed by atoms with Crippen LogP contribution < -0.4 is 0 Å². The lowest BCUT2D eigenvalue weighted by Gasteiger charge is -2.09. The second-order valence-corrected chi connectivity index (χ2v) is 7.44. The highest BCUT2D eigenvalue weighted by Crippen LogP contribution is 2.53. The van der Waals surface area contributed by atoms with E-state index in [9.17, 15) is 4.79 Å². The van der Waals surface area contributed by atoms with Gasteiger partial charge >= 0.3 is 0 Å². The first kappa shape index (κ1) is 14.2. The molecule has 1 aliphatic rings. The molecule has 0 fully saturated rings. The molecule has 4 rings (SSSR count). The molecule has 0 aromatic heterocycles. The summed E-state index contributed by atoms with van der Waals surface area (Å²) in [5.41, 5.74) is 3.99. The number of benzene rings is 3. The predicted molar refractivity (Wildman–Crippen MR) is 97.2 cm³/mol. The monoisotopic (exact) mass is 414 g/mol. The van der Waals surface area contributed by atoms with Crippen LogP contribution in [0.25, 0.3) is 10.8 Å². The first-order valence-electron chi connectivity index (χ1n) is 7.12. The van der Waals surface area contributed by atoms with Crippen LogP contribution in [-0.4, -0.2) is 5.78 Å². The summed E-state index contributed by atoms with van der Waals surface area (Å²) in [7, 11) is 0. The minimum absolute atomic E-state index is 0.0773. The number of alkyl halides is 2. The molecule has 0 amide bonds. The van der Waals surface area contributed by atoms with Crippen molar-refractivity contribution in [2.45, 2.75) is 9.65 Å². The summed E-state index contributed by atoms with van der Waals surface area (Å²) < 4.78 is 0. The summed E-state index contributed by atoms with van der Waals surface area (Å²) in [6.45, 7) is 0. The fraction of sp³-hybridized carbons (Fsp3) is 0.105. The molecule has 0 saturated heterocycles. The molecule has 3 aromatic rings. The average Bonchev–Trinajstić information content (AvgIpc) is 2.82. The first-order chi connectivity index (χ1) is 10.7. The molecule has 0 heterocycles. The van der Waals surface area contributed by atoms with E-state index >= 15 is 0 Å². The van der Waals surface area contributed by atoms with E-state index in [0.717, 1.165) is 16.5 Å². The maximum Gasteiger partial charge on any atom is 0.193 e. The fourth-order valence-electron chi connectivity index (χ4n) is 3.18. The maximum absolute atomic E-state index is 12.8. The van der Waals surface area contributed by atoms with Crippen molar-refractivity contribution in [2.75, 3.05) is 0 Å². The molecule has 0 radical (unpaired) electrons. The Labute approximate surface area is 145 Å².